The van der Waals surface area contributed by atoms with Gasteiger partial charge in [-0.15, -0.1) is 12.4 Å². The Bertz CT molecular complexity index is 627. The number of piperidine rings is 1. The second kappa shape index (κ2) is 8.79. The van der Waals surface area contributed by atoms with E-state index in [4.69, 9.17) is 0 Å². The molecule has 1 saturated heterocycles. The van der Waals surface area contributed by atoms with Gasteiger partial charge >= 0.3 is 0 Å². The fraction of sp³-hybridized carbons (Fsp3) is 0.579. The number of nitrogens with one attached hydrogen (secondary N) is 2. The topological polar surface area (TPSA) is 56.8 Å². The SMILES string of the molecule is CC(C)(C)c1[nH]ncc1CNC1CCN(Cc2ccccn2)CC1.Cl. The molecule has 0 bridgehead atoms. The Labute approximate surface area is 157 Å². The largest absolute Gasteiger partial charge is 0.310 e. The zero-order valence-electron chi connectivity index (χ0n) is 15.5. The lowest BCUT2D eigenvalue weighted by molar-refractivity contribution is 0.188. The molecule has 0 aromatic carbocycles. The van der Waals surface area contributed by atoms with Crippen LogP contribution in [0.2, 0.25) is 0 Å². The molecule has 3 heterocycles. The van der Waals surface area contributed by atoms with Gasteiger partial charge < -0.3 is 5.32 Å². The van der Waals surface area contributed by atoms with Crippen LogP contribution in [0.25, 0.3) is 0 Å². The van der Waals surface area contributed by atoms with Gasteiger partial charge in [0.05, 0.1) is 11.9 Å². The van der Waals surface area contributed by atoms with Gasteiger partial charge in [0.15, 0.2) is 0 Å². The molecule has 2 aromatic rings. The van der Waals surface area contributed by atoms with E-state index in [1.165, 1.54) is 24.1 Å². The van der Waals surface area contributed by atoms with Crippen molar-refractivity contribution in [3.05, 3.63) is 47.5 Å². The summed E-state index contributed by atoms with van der Waals surface area (Å²) in [6.07, 6.45) is 6.22. The van der Waals surface area contributed by atoms with E-state index in [9.17, 15) is 0 Å². The third-order valence-electron chi connectivity index (χ3n) is 4.75. The van der Waals surface area contributed by atoms with Crippen molar-refractivity contribution in [2.45, 2.75) is 58.2 Å². The van der Waals surface area contributed by atoms with E-state index >= 15 is 0 Å². The highest BCUT2D eigenvalue weighted by atomic mass is 35.5. The molecule has 0 unspecified atom stereocenters. The third kappa shape index (κ3) is 5.53. The van der Waals surface area contributed by atoms with E-state index in [-0.39, 0.29) is 17.8 Å². The molecule has 0 saturated carbocycles. The van der Waals surface area contributed by atoms with Gasteiger partial charge in [0, 0.05) is 55.1 Å². The first kappa shape index (κ1) is 19.9. The van der Waals surface area contributed by atoms with Crippen molar-refractivity contribution in [3.8, 4) is 0 Å². The molecule has 1 aliphatic heterocycles. The lowest BCUT2D eigenvalue weighted by atomic mass is 9.89. The van der Waals surface area contributed by atoms with Gasteiger partial charge in [0.2, 0.25) is 0 Å². The Kier molecular flexibility index (Phi) is 6.99. The summed E-state index contributed by atoms with van der Waals surface area (Å²) in [6.45, 7) is 10.8. The molecule has 0 radical (unpaired) electrons. The van der Waals surface area contributed by atoms with Crippen LogP contribution in [0.3, 0.4) is 0 Å². The third-order valence-corrected chi connectivity index (χ3v) is 4.75. The predicted octanol–water partition coefficient (Wildman–Crippen LogP) is 3.28. The molecular weight excluding hydrogens is 334 g/mol. The zero-order valence-corrected chi connectivity index (χ0v) is 16.3. The quantitative estimate of drug-likeness (QED) is 0.855. The molecule has 2 aromatic heterocycles. The number of halogens is 1. The number of aromatic amines is 1. The smallest absolute Gasteiger partial charge is 0.0543 e. The predicted molar refractivity (Wildman–Crippen MR) is 104 cm³/mol. The number of pyridine rings is 1. The standard InChI is InChI=1S/C19H29N5.ClH/c1-19(2,3)18-15(13-22-23-18)12-21-16-7-10-24(11-8-16)14-17-6-4-5-9-20-17;/h4-6,9,13,16,21H,7-8,10-12,14H2,1-3H3,(H,22,23);1H. The normalized spacial score (nSPS) is 16.6. The summed E-state index contributed by atoms with van der Waals surface area (Å²) >= 11 is 0. The number of hydrogen-bond acceptors (Lipinski definition) is 4. The molecule has 1 fully saturated rings. The molecule has 5 nitrogen and oxygen atoms in total. The van der Waals surface area contributed by atoms with Crippen molar-refractivity contribution in [3.63, 3.8) is 0 Å². The van der Waals surface area contributed by atoms with Crippen LogP contribution in [-0.4, -0.2) is 39.2 Å². The van der Waals surface area contributed by atoms with Gasteiger partial charge in [-0.3, -0.25) is 15.0 Å². The van der Waals surface area contributed by atoms with Crippen LogP contribution in [0.5, 0.6) is 0 Å². The maximum absolute atomic E-state index is 4.43. The molecular formula is C19H30ClN5. The molecule has 6 heteroatoms. The Morgan fingerprint density at radius 2 is 2.00 bits per heavy atom. The summed E-state index contributed by atoms with van der Waals surface area (Å²) in [7, 11) is 0. The van der Waals surface area contributed by atoms with Gasteiger partial charge in [0.25, 0.3) is 0 Å². The van der Waals surface area contributed by atoms with E-state index in [2.05, 4.69) is 58.3 Å². The van der Waals surface area contributed by atoms with Gasteiger partial charge in [-0.05, 0) is 25.0 Å². The maximum Gasteiger partial charge on any atom is 0.0543 e. The zero-order chi connectivity index (χ0) is 17.0. The van der Waals surface area contributed by atoms with Crippen LogP contribution in [0.1, 0.15) is 50.6 Å². The number of hydrogen-bond donors (Lipinski definition) is 2. The van der Waals surface area contributed by atoms with Crippen LogP contribution in [0.15, 0.2) is 30.6 Å². The molecule has 0 atom stereocenters. The first-order valence-electron chi connectivity index (χ1n) is 8.91. The Morgan fingerprint density at radius 1 is 1.24 bits per heavy atom. The van der Waals surface area contributed by atoms with Gasteiger partial charge in [0.1, 0.15) is 0 Å². The minimum absolute atomic E-state index is 0. The van der Waals surface area contributed by atoms with Gasteiger partial charge in [-0.1, -0.05) is 26.8 Å². The van der Waals surface area contributed by atoms with Crippen LogP contribution in [0, 0.1) is 0 Å². The van der Waals surface area contributed by atoms with Crippen molar-refractivity contribution >= 4 is 12.4 Å². The molecule has 2 N–H and O–H groups in total. The van der Waals surface area contributed by atoms with Gasteiger partial charge in [-0.2, -0.15) is 5.10 Å². The van der Waals surface area contributed by atoms with E-state index < -0.39 is 0 Å². The van der Waals surface area contributed by atoms with Crippen LogP contribution < -0.4 is 5.32 Å². The van der Waals surface area contributed by atoms with E-state index in [1.54, 1.807) is 0 Å². The highest BCUT2D eigenvalue weighted by Gasteiger charge is 2.22. The molecule has 0 spiro atoms. The summed E-state index contributed by atoms with van der Waals surface area (Å²) in [6, 6.07) is 6.74. The summed E-state index contributed by atoms with van der Waals surface area (Å²) in [5.74, 6) is 0. The number of aromatic nitrogens is 3. The molecule has 0 aliphatic carbocycles. The Hall–Kier alpha value is -1.43. The second-order valence-electron chi connectivity index (χ2n) is 7.77. The number of nitrogens with zero attached hydrogens (tertiary/aromatic N) is 3. The van der Waals surface area contributed by atoms with Crippen molar-refractivity contribution in [1.82, 2.24) is 25.4 Å². The van der Waals surface area contributed by atoms with E-state index in [0.717, 1.165) is 31.9 Å². The van der Waals surface area contributed by atoms with Crippen LogP contribution in [0.4, 0.5) is 0 Å². The lowest BCUT2D eigenvalue weighted by Gasteiger charge is -2.32. The number of likely N-dealkylation sites (tertiary alicyclic amines) is 1. The lowest BCUT2D eigenvalue weighted by Crippen LogP contribution is -2.42. The molecule has 0 amide bonds. The molecule has 1 aliphatic rings. The first-order chi connectivity index (χ1) is 11.5. The Morgan fingerprint density at radius 3 is 2.64 bits per heavy atom. The minimum Gasteiger partial charge on any atom is -0.310 e. The highest BCUT2D eigenvalue weighted by molar-refractivity contribution is 5.85. The fourth-order valence-corrected chi connectivity index (χ4v) is 3.36. The maximum atomic E-state index is 4.43. The van der Waals surface area contributed by atoms with E-state index in [1.807, 2.05) is 18.5 Å². The number of H-pyrrole nitrogens is 1. The summed E-state index contributed by atoms with van der Waals surface area (Å²) < 4.78 is 0. The van der Waals surface area contributed by atoms with Crippen molar-refractivity contribution in [1.29, 1.82) is 0 Å². The average Bonchev–Trinajstić information content (AvgIpc) is 3.04. The van der Waals surface area contributed by atoms with Crippen molar-refractivity contribution < 1.29 is 0 Å². The first-order valence-corrected chi connectivity index (χ1v) is 8.91. The second-order valence-corrected chi connectivity index (χ2v) is 7.77. The Balaban J connectivity index is 0.00000225. The van der Waals surface area contributed by atoms with Gasteiger partial charge in [-0.25, -0.2) is 0 Å². The fourth-order valence-electron chi connectivity index (χ4n) is 3.36. The van der Waals surface area contributed by atoms with Crippen LogP contribution in [-0.2, 0) is 18.5 Å². The summed E-state index contributed by atoms with van der Waals surface area (Å²) in [5.41, 5.74) is 3.80. The summed E-state index contributed by atoms with van der Waals surface area (Å²) in [5, 5.41) is 11.1. The number of rotatable bonds is 5. The minimum atomic E-state index is 0. The molecule has 138 valence electrons. The molecule has 25 heavy (non-hydrogen) atoms. The molecule has 3 rings (SSSR count). The van der Waals surface area contributed by atoms with Crippen molar-refractivity contribution in [2.75, 3.05) is 13.1 Å². The highest BCUT2D eigenvalue weighted by Crippen LogP contribution is 2.23. The monoisotopic (exact) mass is 363 g/mol. The van der Waals surface area contributed by atoms with Crippen LogP contribution >= 0.6 is 12.4 Å². The summed E-state index contributed by atoms with van der Waals surface area (Å²) in [4.78, 5) is 6.93. The van der Waals surface area contributed by atoms with Crippen molar-refractivity contribution in [2.24, 2.45) is 0 Å². The average molecular weight is 364 g/mol. The van der Waals surface area contributed by atoms with E-state index in [0.29, 0.717) is 6.04 Å².